The largest absolute Gasteiger partial charge is 0.312 e. The molecule has 2 heterocycles. The number of carbonyl (C=O) groups excluding carboxylic acids is 1. The van der Waals surface area contributed by atoms with E-state index >= 15 is 0 Å². The highest BCUT2D eigenvalue weighted by Crippen LogP contribution is 2.38. The van der Waals surface area contributed by atoms with Gasteiger partial charge in [-0.05, 0) is 62.0 Å². The third-order valence-electron chi connectivity index (χ3n) is 5.16. The van der Waals surface area contributed by atoms with Gasteiger partial charge in [0, 0.05) is 15.1 Å². The lowest BCUT2D eigenvalue weighted by atomic mass is 9.88. The molecule has 0 aromatic carbocycles. The zero-order valence-corrected chi connectivity index (χ0v) is 15.4. The van der Waals surface area contributed by atoms with Crippen molar-refractivity contribution in [2.75, 3.05) is 5.32 Å². The Morgan fingerprint density at radius 1 is 1.25 bits per heavy atom. The van der Waals surface area contributed by atoms with Crippen LogP contribution in [0.15, 0.2) is 5.38 Å². The van der Waals surface area contributed by atoms with Crippen molar-refractivity contribution in [3.8, 4) is 6.07 Å². The average molecular weight is 357 g/mol. The van der Waals surface area contributed by atoms with E-state index in [1.807, 2.05) is 5.38 Å². The summed E-state index contributed by atoms with van der Waals surface area (Å²) >= 11 is 3.31. The molecule has 2 aliphatic carbocycles. The number of rotatable bonds is 2. The zero-order valence-electron chi connectivity index (χ0n) is 13.8. The fraction of sp³-hybridized carbons (Fsp3) is 0.474. The van der Waals surface area contributed by atoms with Crippen LogP contribution < -0.4 is 5.32 Å². The number of nitrogens with one attached hydrogen (secondary N) is 1. The van der Waals surface area contributed by atoms with E-state index in [0.29, 0.717) is 11.5 Å². The molecule has 0 fully saturated rings. The SMILES string of the molecule is CC1CCc2c(C(=O)Nc3sc4c(c3C#N)CCCC4)csc2C1. The van der Waals surface area contributed by atoms with Gasteiger partial charge in [-0.1, -0.05) is 6.92 Å². The molecule has 0 bridgehead atoms. The predicted octanol–water partition coefficient (Wildman–Crippen LogP) is 4.94. The number of carbonyl (C=O) groups is 1. The van der Waals surface area contributed by atoms with E-state index in [9.17, 15) is 10.1 Å². The van der Waals surface area contributed by atoms with Crippen molar-refractivity contribution in [3.05, 3.63) is 37.4 Å². The molecule has 1 N–H and O–H groups in total. The van der Waals surface area contributed by atoms with Gasteiger partial charge in [0.25, 0.3) is 5.91 Å². The van der Waals surface area contributed by atoms with E-state index in [1.54, 1.807) is 22.7 Å². The van der Waals surface area contributed by atoms with Crippen molar-refractivity contribution in [1.82, 2.24) is 0 Å². The number of hydrogen-bond acceptors (Lipinski definition) is 4. The van der Waals surface area contributed by atoms with Crippen molar-refractivity contribution < 1.29 is 4.79 Å². The molecule has 0 saturated heterocycles. The predicted molar refractivity (Wildman–Crippen MR) is 99.1 cm³/mol. The first-order chi connectivity index (χ1) is 11.7. The molecule has 0 aliphatic heterocycles. The number of aryl methyl sites for hydroxylation is 1. The molecule has 0 saturated carbocycles. The lowest BCUT2D eigenvalue weighted by molar-refractivity contribution is 0.102. The number of nitrogens with zero attached hydrogens (tertiary/aromatic N) is 1. The fourth-order valence-corrected chi connectivity index (χ4v) is 6.29. The summed E-state index contributed by atoms with van der Waals surface area (Å²) in [6.07, 6.45) is 7.57. The van der Waals surface area contributed by atoms with E-state index in [4.69, 9.17) is 0 Å². The van der Waals surface area contributed by atoms with Crippen molar-refractivity contribution in [2.45, 2.75) is 51.9 Å². The topological polar surface area (TPSA) is 52.9 Å². The van der Waals surface area contributed by atoms with Crippen LogP contribution in [0.1, 0.15) is 63.0 Å². The van der Waals surface area contributed by atoms with Crippen molar-refractivity contribution in [1.29, 1.82) is 5.26 Å². The minimum atomic E-state index is -0.0443. The highest BCUT2D eigenvalue weighted by atomic mass is 32.1. The van der Waals surface area contributed by atoms with Crippen LogP contribution in [-0.2, 0) is 25.7 Å². The van der Waals surface area contributed by atoms with Gasteiger partial charge in [0.05, 0.1) is 11.1 Å². The van der Waals surface area contributed by atoms with Crippen molar-refractivity contribution >= 4 is 33.6 Å². The molecular formula is C19H20N2OS2. The number of nitriles is 1. The maximum absolute atomic E-state index is 12.8. The third-order valence-corrected chi connectivity index (χ3v) is 7.41. The summed E-state index contributed by atoms with van der Waals surface area (Å²) in [5, 5.41) is 15.3. The van der Waals surface area contributed by atoms with Crippen LogP contribution in [0.5, 0.6) is 0 Å². The normalized spacial score (nSPS) is 19.2. The highest BCUT2D eigenvalue weighted by Gasteiger charge is 2.26. The first-order valence-corrected chi connectivity index (χ1v) is 10.3. The monoisotopic (exact) mass is 356 g/mol. The van der Waals surface area contributed by atoms with Crippen LogP contribution in [0, 0.1) is 17.2 Å². The molecule has 5 heteroatoms. The van der Waals surface area contributed by atoms with E-state index in [-0.39, 0.29) is 5.91 Å². The summed E-state index contributed by atoms with van der Waals surface area (Å²) in [6.45, 7) is 2.28. The summed E-state index contributed by atoms with van der Waals surface area (Å²) in [5.41, 5.74) is 3.92. The van der Waals surface area contributed by atoms with Gasteiger partial charge in [0.15, 0.2) is 0 Å². The number of fused-ring (bicyclic) bond motifs is 2. The summed E-state index contributed by atoms with van der Waals surface area (Å²) in [5.74, 6) is 0.665. The second kappa shape index (κ2) is 6.34. The molecule has 2 aromatic heterocycles. The Morgan fingerprint density at radius 3 is 2.92 bits per heavy atom. The number of thiophene rings is 2. The molecule has 2 aromatic rings. The molecule has 0 spiro atoms. The Morgan fingerprint density at radius 2 is 2.08 bits per heavy atom. The molecular weight excluding hydrogens is 336 g/mol. The summed E-state index contributed by atoms with van der Waals surface area (Å²) in [7, 11) is 0. The average Bonchev–Trinajstić information content (AvgIpc) is 3.14. The fourth-order valence-electron chi connectivity index (χ4n) is 3.81. The molecule has 2 aliphatic rings. The number of amides is 1. The van der Waals surface area contributed by atoms with Gasteiger partial charge < -0.3 is 5.32 Å². The van der Waals surface area contributed by atoms with Gasteiger partial charge in [0.2, 0.25) is 0 Å². The summed E-state index contributed by atoms with van der Waals surface area (Å²) in [6, 6.07) is 2.32. The van der Waals surface area contributed by atoms with Crippen molar-refractivity contribution in [3.63, 3.8) is 0 Å². The van der Waals surface area contributed by atoms with Crippen LogP contribution in [0.2, 0.25) is 0 Å². The molecule has 1 amide bonds. The molecule has 24 heavy (non-hydrogen) atoms. The standard InChI is InChI=1S/C19H20N2OS2/c1-11-6-7-13-15(10-23-17(13)8-11)18(22)21-19-14(9-20)12-4-2-3-5-16(12)24-19/h10-11H,2-8H2,1H3,(H,21,22). The maximum atomic E-state index is 12.8. The van der Waals surface area contributed by atoms with Crippen LogP contribution in [-0.4, -0.2) is 5.91 Å². The van der Waals surface area contributed by atoms with E-state index < -0.39 is 0 Å². The minimum Gasteiger partial charge on any atom is -0.312 e. The zero-order chi connectivity index (χ0) is 16.7. The Kier molecular flexibility index (Phi) is 4.19. The van der Waals surface area contributed by atoms with E-state index in [0.717, 1.165) is 49.1 Å². The third kappa shape index (κ3) is 2.68. The molecule has 4 rings (SSSR count). The van der Waals surface area contributed by atoms with Crippen LogP contribution in [0.3, 0.4) is 0 Å². The van der Waals surface area contributed by atoms with Gasteiger partial charge in [-0.25, -0.2) is 0 Å². The van der Waals surface area contributed by atoms with Crippen LogP contribution in [0.4, 0.5) is 5.00 Å². The summed E-state index contributed by atoms with van der Waals surface area (Å²) < 4.78 is 0. The Hall–Kier alpha value is -1.64. The molecule has 1 atom stereocenters. The second-order valence-corrected chi connectivity index (χ2v) is 8.95. The van der Waals surface area contributed by atoms with Crippen molar-refractivity contribution in [2.24, 2.45) is 5.92 Å². The Bertz CT molecular complexity index is 840. The minimum absolute atomic E-state index is 0.0443. The van der Waals surface area contributed by atoms with E-state index in [2.05, 4.69) is 18.3 Å². The molecule has 124 valence electrons. The lowest BCUT2D eigenvalue weighted by Crippen LogP contribution is -2.16. The Balaban J connectivity index is 1.62. The second-order valence-electron chi connectivity index (χ2n) is 6.88. The smallest absolute Gasteiger partial charge is 0.257 e. The van der Waals surface area contributed by atoms with E-state index in [1.165, 1.54) is 27.3 Å². The van der Waals surface area contributed by atoms with Gasteiger partial charge in [-0.15, -0.1) is 22.7 Å². The highest BCUT2D eigenvalue weighted by molar-refractivity contribution is 7.16. The first kappa shape index (κ1) is 15.9. The number of hydrogen-bond donors (Lipinski definition) is 1. The lowest BCUT2D eigenvalue weighted by Gasteiger charge is -2.18. The molecule has 0 radical (unpaired) electrons. The van der Waals surface area contributed by atoms with Crippen LogP contribution in [0.25, 0.3) is 0 Å². The van der Waals surface area contributed by atoms with Gasteiger partial charge in [0.1, 0.15) is 11.1 Å². The molecule has 1 unspecified atom stereocenters. The Labute approximate surface area is 150 Å². The number of anilines is 1. The van der Waals surface area contributed by atoms with Gasteiger partial charge in [-0.2, -0.15) is 5.26 Å². The van der Waals surface area contributed by atoms with Gasteiger partial charge in [-0.3, -0.25) is 4.79 Å². The first-order valence-electron chi connectivity index (χ1n) is 8.62. The van der Waals surface area contributed by atoms with Gasteiger partial charge >= 0.3 is 0 Å². The summed E-state index contributed by atoms with van der Waals surface area (Å²) in [4.78, 5) is 15.5. The maximum Gasteiger partial charge on any atom is 0.257 e. The quantitative estimate of drug-likeness (QED) is 0.829. The molecule has 3 nitrogen and oxygen atoms in total. The van der Waals surface area contributed by atoms with Crippen LogP contribution >= 0.6 is 22.7 Å².